The van der Waals surface area contributed by atoms with E-state index < -0.39 is 0 Å². The van der Waals surface area contributed by atoms with Crippen molar-refractivity contribution in [2.75, 3.05) is 19.7 Å². The second kappa shape index (κ2) is 6.63. The van der Waals surface area contributed by atoms with Crippen LogP contribution in [0.25, 0.3) is 0 Å². The molecule has 4 rings (SSSR count). The Kier molecular flexibility index (Phi) is 4.35. The number of nitrogens with one attached hydrogen (secondary N) is 1. The molecule has 2 fully saturated rings. The van der Waals surface area contributed by atoms with Crippen molar-refractivity contribution in [3.63, 3.8) is 0 Å². The number of aromatic nitrogens is 3. The molecule has 2 aliphatic rings. The molecule has 2 unspecified atom stereocenters. The molecule has 6 heteroatoms. The number of likely N-dealkylation sites (tertiary alicyclic amines) is 1. The fourth-order valence-corrected chi connectivity index (χ4v) is 3.71. The first-order valence-electron chi connectivity index (χ1n) is 8.58. The number of aryl methyl sites for hydroxylation is 1. The van der Waals surface area contributed by atoms with E-state index in [0.29, 0.717) is 13.2 Å². The van der Waals surface area contributed by atoms with Crippen molar-refractivity contribution in [1.82, 2.24) is 19.9 Å². The van der Waals surface area contributed by atoms with Crippen LogP contribution in [0.15, 0.2) is 30.9 Å². The Morgan fingerprint density at radius 2 is 2.46 bits per heavy atom. The Balaban J connectivity index is 1.29. The van der Waals surface area contributed by atoms with Gasteiger partial charge in [-0.2, -0.15) is 0 Å². The monoisotopic (exact) mass is 328 g/mol. The van der Waals surface area contributed by atoms with Crippen LogP contribution in [-0.4, -0.2) is 51.3 Å². The molecule has 0 amide bonds. The fourth-order valence-electron chi connectivity index (χ4n) is 3.71. The van der Waals surface area contributed by atoms with Crippen molar-refractivity contribution in [1.29, 1.82) is 0 Å². The van der Waals surface area contributed by atoms with Crippen LogP contribution in [0.5, 0.6) is 0 Å². The molecule has 0 bridgehead atoms. The zero-order valence-corrected chi connectivity index (χ0v) is 14.1. The molecule has 1 N–H and O–H groups in total. The highest BCUT2D eigenvalue weighted by molar-refractivity contribution is 5.10. The fraction of sp³-hybridized carbons (Fsp3) is 0.556. The Hall–Kier alpha value is -1.76. The first kappa shape index (κ1) is 15.7. The third-order valence-electron chi connectivity index (χ3n) is 5.09. The van der Waals surface area contributed by atoms with Crippen molar-refractivity contribution < 1.29 is 9.47 Å². The van der Waals surface area contributed by atoms with Gasteiger partial charge in [0.1, 0.15) is 0 Å². The van der Waals surface area contributed by atoms with Crippen molar-refractivity contribution in [2.24, 2.45) is 0 Å². The zero-order chi connectivity index (χ0) is 16.4. The maximum absolute atomic E-state index is 6.17. The zero-order valence-electron chi connectivity index (χ0n) is 14.1. The minimum atomic E-state index is -0.0379. The second-order valence-electron chi connectivity index (χ2n) is 6.93. The smallest absolute Gasteiger partial charge is 0.0925 e. The van der Waals surface area contributed by atoms with Gasteiger partial charge < -0.3 is 14.5 Å². The Morgan fingerprint density at radius 3 is 3.25 bits per heavy atom. The van der Waals surface area contributed by atoms with E-state index in [4.69, 9.17) is 9.47 Å². The lowest BCUT2D eigenvalue weighted by Crippen LogP contribution is -2.33. The summed E-state index contributed by atoms with van der Waals surface area (Å²) in [6, 6.07) is 3.99. The van der Waals surface area contributed by atoms with Crippen LogP contribution in [-0.2, 0) is 22.6 Å². The molecule has 0 radical (unpaired) electrons. The number of H-pyrrole nitrogens is 1. The number of nitrogens with zero attached hydrogens (tertiary/aromatic N) is 3. The Morgan fingerprint density at radius 1 is 1.50 bits per heavy atom. The van der Waals surface area contributed by atoms with E-state index in [0.717, 1.165) is 49.4 Å². The van der Waals surface area contributed by atoms with Crippen molar-refractivity contribution in [3.05, 3.63) is 47.8 Å². The third kappa shape index (κ3) is 3.36. The number of rotatable bonds is 5. The van der Waals surface area contributed by atoms with Gasteiger partial charge in [0.15, 0.2) is 0 Å². The summed E-state index contributed by atoms with van der Waals surface area (Å²) in [5, 5.41) is 0. The van der Waals surface area contributed by atoms with Gasteiger partial charge in [0.2, 0.25) is 0 Å². The standard InChI is InChI=1S/C18H24N4O2/c1-14-17(21-13-20-14)9-22-6-4-18(12-22)7-16(11-24-18)23-10-15-3-2-5-19-8-15/h2-3,5,8,13,16H,4,6-7,9-12H2,1H3,(H,20,21). The van der Waals surface area contributed by atoms with E-state index in [1.165, 1.54) is 0 Å². The molecule has 2 aromatic heterocycles. The largest absolute Gasteiger partial charge is 0.371 e. The summed E-state index contributed by atoms with van der Waals surface area (Å²) in [5.41, 5.74) is 3.36. The molecule has 1 spiro atoms. The van der Waals surface area contributed by atoms with Crippen LogP contribution in [0.4, 0.5) is 0 Å². The van der Waals surface area contributed by atoms with Gasteiger partial charge >= 0.3 is 0 Å². The number of aromatic amines is 1. The summed E-state index contributed by atoms with van der Waals surface area (Å²) in [4.78, 5) is 14.1. The number of imidazole rings is 1. The van der Waals surface area contributed by atoms with Crippen LogP contribution in [0.1, 0.15) is 29.8 Å². The quantitative estimate of drug-likeness (QED) is 0.910. The Labute approximate surface area is 142 Å². The average Bonchev–Trinajstić information content (AvgIpc) is 3.30. The molecule has 2 atom stereocenters. The number of pyridine rings is 1. The lowest BCUT2D eigenvalue weighted by atomic mass is 9.98. The van der Waals surface area contributed by atoms with Gasteiger partial charge in [0.25, 0.3) is 0 Å². The van der Waals surface area contributed by atoms with Crippen molar-refractivity contribution >= 4 is 0 Å². The number of ether oxygens (including phenoxy) is 2. The minimum absolute atomic E-state index is 0.0379. The molecule has 2 aromatic rings. The molecule has 0 saturated carbocycles. The van der Waals surface area contributed by atoms with Crippen LogP contribution in [0, 0.1) is 6.92 Å². The lowest BCUT2D eigenvalue weighted by Gasteiger charge is -2.23. The second-order valence-corrected chi connectivity index (χ2v) is 6.93. The molecular formula is C18H24N4O2. The van der Waals surface area contributed by atoms with Crippen molar-refractivity contribution in [2.45, 2.75) is 44.6 Å². The van der Waals surface area contributed by atoms with Gasteiger partial charge in [0, 0.05) is 44.1 Å². The van der Waals surface area contributed by atoms with E-state index in [9.17, 15) is 0 Å². The van der Waals surface area contributed by atoms with Crippen LogP contribution in [0.2, 0.25) is 0 Å². The predicted molar refractivity (Wildman–Crippen MR) is 89.3 cm³/mol. The number of hydrogen-bond donors (Lipinski definition) is 1. The van der Waals surface area contributed by atoms with Crippen molar-refractivity contribution in [3.8, 4) is 0 Å². The summed E-state index contributed by atoms with van der Waals surface area (Å²) >= 11 is 0. The first-order valence-corrected chi connectivity index (χ1v) is 8.58. The van der Waals surface area contributed by atoms with E-state index in [-0.39, 0.29) is 11.7 Å². The maximum atomic E-state index is 6.17. The van der Waals surface area contributed by atoms with Gasteiger partial charge in [-0.1, -0.05) is 6.07 Å². The molecule has 2 aliphatic heterocycles. The molecule has 0 aliphatic carbocycles. The van der Waals surface area contributed by atoms with Gasteiger partial charge in [-0.15, -0.1) is 0 Å². The summed E-state index contributed by atoms with van der Waals surface area (Å²) in [7, 11) is 0. The van der Waals surface area contributed by atoms with Gasteiger partial charge in [-0.05, 0) is 25.0 Å². The van der Waals surface area contributed by atoms with E-state index >= 15 is 0 Å². The summed E-state index contributed by atoms with van der Waals surface area (Å²) in [6.45, 7) is 6.28. The summed E-state index contributed by atoms with van der Waals surface area (Å²) in [5.74, 6) is 0. The van der Waals surface area contributed by atoms with Gasteiger partial charge in [-0.3, -0.25) is 9.88 Å². The number of hydrogen-bond acceptors (Lipinski definition) is 5. The minimum Gasteiger partial charge on any atom is -0.371 e. The molecule has 128 valence electrons. The third-order valence-corrected chi connectivity index (χ3v) is 5.09. The normalized spacial score (nSPS) is 27.3. The van der Waals surface area contributed by atoms with E-state index in [2.05, 4.69) is 26.8 Å². The predicted octanol–water partition coefficient (Wildman–Crippen LogP) is 2.06. The summed E-state index contributed by atoms with van der Waals surface area (Å²) < 4.78 is 12.2. The van der Waals surface area contributed by atoms with E-state index in [1.807, 2.05) is 18.3 Å². The van der Waals surface area contributed by atoms with E-state index in [1.54, 1.807) is 12.5 Å². The molecule has 2 saturated heterocycles. The molecule has 24 heavy (non-hydrogen) atoms. The van der Waals surface area contributed by atoms with Gasteiger partial charge in [0.05, 0.1) is 36.9 Å². The van der Waals surface area contributed by atoms with Crippen LogP contribution in [0.3, 0.4) is 0 Å². The maximum Gasteiger partial charge on any atom is 0.0925 e. The van der Waals surface area contributed by atoms with Crippen LogP contribution < -0.4 is 0 Å². The molecule has 4 heterocycles. The average molecular weight is 328 g/mol. The molecule has 0 aromatic carbocycles. The lowest BCUT2D eigenvalue weighted by molar-refractivity contribution is -0.000504. The highest BCUT2D eigenvalue weighted by atomic mass is 16.6. The summed E-state index contributed by atoms with van der Waals surface area (Å²) in [6.07, 6.45) is 7.63. The van der Waals surface area contributed by atoms with Crippen LogP contribution >= 0.6 is 0 Å². The molecule has 6 nitrogen and oxygen atoms in total. The van der Waals surface area contributed by atoms with Gasteiger partial charge in [-0.25, -0.2) is 4.98 Å². The molecular weight excluding hydrogens is 304 g/mol. The topological polar surface area (TPSA) is 63.3 Å². The first-order chi connectivity index (χ1) is 11.7. The highest BCUT2D eigenvalue weighted by Gasteiger charge is 2.45. The SMILES string of the molecule is Cc1[nH]cnc1CN1CCC2(CC(OCc3cccnc3)CO2)C1. The highest BCUT2D eigenvalue weighted by Crippen LogP contribution is 2.37. The Bertz CT molecular complexity index is 675.